The summed E-state index contributed by atoms with van der Waals surface area (Å²) in [5.74, 6) is 0.426. The van der Waals surface area contributed by atoms with Gasteiger partial charge in [0.25, 0.3) is 0 Å². The van der Waals surface area contributed by atoms with Crippen molar-refractivity contribution in [2.45, 2.75) is 45.1 Å². The second kappa shape index (κ2) is 6.74. The fourth-order valence-corrected chi connectivity index (χ4v) is 2.36. The van der Waals surface area contributed by atoms with E-state index in [0.29, 0.717) is 24.0 Å². The molecule has 3 heteroatoms. The summed E-state index contributed by atoms with van der Waals surface area (Å²) < 4.78 is 18.8. The molecular formula is C15H22FNO. The fraction of sp³-hybridized carbons (Fsp3) is 0.600. The van der Waals surface area contributed by atoms with Crippen LogP contribution in [0.15, 0.2) is 18.2 Å². The minimum Gasteiger partial charge on any atom is -0.493 e. The molecule has 2 rings (SSSR count). The maximum absolute atomic E-state index is 13.3. The summed E-state index contributed by atoms with van der Waals surface area (Å²) in [6, 6.07) is 5.74. The Bertz CT molecular complexity index is 375. The van der Waals surface area contributed by atoms with E-state index >= 15 is 0 Å². The molecule has 0 aromatic heterocycles. The molecular weight excluding hydrogens is 229 g/mol. The lowest BCUT2D eigenvalue weighted by Gasteiger charge is -2.12. The number of halogens is 1. The van der Waals surface area contributed by atoms with E-state index < -0.39 is 0 Å². The first-order chi connectivity index (χ1) is 8.75. The molecule has 1 N–H and O–H groups in total. The zero-order valence-corrected chi connectivity index (χ0v) is 11.0. The van der Waals surface area contributed by atoms with Crippen molar-refractivity contribution < 1.29 is 9.13 Å². The van der Waals surface area contributed by atoms with E-state index in [0.717, 1.165) is 13.0 Å². The molecule has 0 bridgehead atoms. The van der Waals surface area contributed by atoms with Crippen molar-refractivity contribution in [3.8, 4) is 5.75 Å². The number of aryl methyl sites for hydroxylation is 1. The summed E-state index contributed by atoms with van der Waals surface area (Å²) in [6.07, 6.45) is 6.30. The molecule has 2 nitrogen and oxygen atoms in total. The first-order valence-electron chi connectivity index (χ1n) is 6.88. The Kier molecular flexibility index (Phi) is 5.00. The molecule has 100 valence electrons. The first-order valence-corrected chi connectivity index (χ1v) is 6.88. The number of rotatable bonds is 6. The second-order valence-electron chi connectivity index (χ2n) is 5.05. The van der Waals surface area contributed by atoms with Crippen molar-refractivity contribution in [1.82, 2.24) is 5.32 Å². The van der Waals surface area contributed by atoms with E-state index in [9.17, 15) is 4.39 Å². The summed E-state index contributed by atoms with van der Waals surface area (Å²) in [6.45, 7) is 3.38. The van der Waals surface area contributed by atoms with Gasteiger partial charge in [0.05, 0.1) is 6.61 Å². The Labute approximate surface area is 109 Å². The minimum atomic E-state index is -0.198. The molecule has 0 saturated heterocycles. The topological polar surface area (TPSA) is 21.3 Å². The predicted octanol–water partition coefficient (Wildman–Crippen LogP) is 3.44. The van der Waals surface area contributed by atoms with Crippen molar-refractivity contribution in [1.29, 1.82) is 0 Å². The highest BCUT2D eigenvalue weighted by Crippen LogP contribution is 2.18. The van der Waals surface area contributed by atoms with Gasteiger partial charge in [0.1, 0.15) is 11.6 Å². The molecule has 0 atom stereocenters. The number of ether oxygens (including phenoxy) is 1. The van der Waals surface area contributed by atoms with Crippen LogP contribution in [-0.2, 0) is 0 Å². The zero-order valence-electron chi connectivity index (χ0n) is 11.0. The van der Waals surface area contributed by atoms with Crippen LogP contribution in [0.25, 0.3) is 0 Å². The lowest BCUT2D eigenvalue weighted by Crippen LogP contribution is -2.27. The van der Waals surface area contributed by atoms with Gasteiger partial charge in [-0.3, -0.25) is 0 Å². The Balaban J connectivity index is 1.61. The third-order valence-corrected chi connectivity index (χ3v) is 3.52. The fourth-order valence-electron chi connectivity index (χ4n) is 2.36. The molecule has 1 saturated carbocycles. The quantitative estimate of drug-likeness (QED) is 0.782. The number of hydrogen-bond donors (Lipinski definition) is 1. The van der Waals surface area contributed by atoms with Crippen molar-refractivity contribution in [2.24, 2.45) is 0 Å². The predicted molar refractivity (Wildman–Crippen MR) is 71.5 cm³/mol. The molecule has 18 heavy (non-hydrogen) atoms. The summed E-state index contributed by atoms with van der Waals surface area (Å²) in [5, 5.41) is 3.53. The average molecular weight is 251 g/mol. The van der Waals surface area contributed by atoms with Gasteiger partial charge in [-0.15, -0.1) is 0 Å². The zero-order chi connectivity index (χ0) is 12.8. The first kappa shape index (κ1) is 13.3. The Morgan fingerprint density at radius 2 is 2.11 bits per heavy atom. The van der Waals surface area contributed by atoms with Gasteiger partial charge in [-0.2, -0.15) is 0 Å². The van der Waals surface area contributed by atoms with Crippen molar-refractivity contribution in [2.75, 3.05) is 13.2 Å². The highest BCUT2D eigenvalue weighted by atomic mass is 19.1. The maximum Gasteiger partial charge on any atom is 0.129 e. The highest BCUT2D eigenvalue weighted by Gasteiger charge is 2.13. The van der Waals surface area contributed by atoms with Crippen molar-refractivity contribution >= 4 is 0 Å². The standard InChI is InChI=1S/C15H22FNO/c1-12-7-8-14(11-15(12)16)18-10-4-9-17-13-5-2-3-6-13/h7-8,11,13,17H,2-6,9-10H2,1H3. The molecule has 1 aliphatic carbocycles. The minimum absolute atomic E-state index is 0.198. The molecule has 0 aliphatic heterocycles. The number of benzene rings is 1. The molecule has 0 spiro atoms. The third-order valence-electron chi connectivity index (χ3n) is 3.52. The molecule has 0 unspecified atom stereocenters. The lowest BCUT2D eigenvalue weighted by atomic mass is 10.2. The van der Waals surface area contributed by atoms with Gasteiger partial charge >= 0.3 is 0 Å². The van der Waals surface area contributed by atoms with E-state index in [1.807, 2.05) is 6.07 Å². The van der Waals surface area contributed by atoms with Gasteiger partial charge in [-0.25, -0.2) is 4.39 Å². The van der Waals surface area contributed by atoms with Gasteiger partial charge < -0.3 is 10.1 Å². The second-order valence-corrected chi connectivity index (χ2v) is 5.05. The normalized spacial score (nSPS) is 16.1. The van der Waals surface area contributed by atoms with Crippen LogP contribution in [0.1, 0.15) is 37.7 Å². The lowest BCUT2D eigenvalue weighted by molar-refractivity contribution is 0.303. The summed E-state index contributed by atoms with van der Waals surface area (Å²) in [5.41, 5.74) is 0.658. The molecule has 1 fully saturated rings. The largest absolute Gasteiger partial charge is 0.493 e. The Morgan fingerprint density at radius 3 is 2.83 bits per heavy atom. The smallest absolute Gasteiger partial charge is 0.129 e. The van der Waals surface area contributed by atoms with Crippen LogP contribution in [0.4, 0.5) is 4.39 Å². The maximum atomic E-state index is 13.3. The monoisotopic (exact) mass is 251 g/mol. The summed E-state index contributed by atoms with van der Waals surface area (Å²) >= 11 is 0. The van der Waals surface area contributed by atoms with Crippen LogP contribution in [0.2, 0.25) is 0 Å². The molecule has 1 aromatic rings. The van der Waals surface area contributed by atoms with E-state index in [-0.39, 0.29) is 5.82 Å². The number of nitrogens with one attached hydrogen (secondary N) is 1. The Hall–Kier alpha value is -1.09. The van der Waals surface area contributed by atoms with E-state index in [4.69, 9.17) is 4.74 Å². The van der Waals surface area contributed by atoms with Gasteiger partial charge in [-0.05, 0) is 44.4 Å². The van der Waals surface area contributed by atoms with Crippen LogP contribution >= 0.6 is 0 Å². The number of hydrogen-bond acceptors (Lipinski definition) is 2. The van der Waals surface area contributed by atoms with Gasteiger partial charge in [0, 0.05) is 12.1 Å². The van der Waals surface area contributed by atoms with Gasteiger partial charge in [0.15, 0.2) is 0 Å². The Morgan fingerprint density at radius 1 is 1.33 bits per heavy atom. The molecule has 0 radical (unpaired) electrons. The van der Waals surface area contributed by atoms with E-state index in [2.05, 4.69) is 5.32 Å². The molecule has 1 aromatic carbocycles. The van der Waals surface area contributed by atoms with Gasteiger partial charge in [-0.1, -0.05) is 18.9 Å². The highest BCUT2D eigenvalue weighted by molar-refractivity contribution is 5.27. The molecule has 0 amide bonds. The van der Waals surface area contributed by atoms with Crippen molar-refractivity contribution in [3.05, 3.63) is 29.6 Å². The van der Waals surface area contributed by atoms with Crippen LogP contribution in [0.5, 0.6) is 5.75 Å². The summed E-state index contributed by atoms with van der Waals surface area (Å²) in [7, 11) is 0. The SMILES string of the molecule is Cc1ccc(OCCCNC2CCCC2)cc1F. The van der Waals surface area contributed by atoms with E-state index in [1.54, 1.807) is 13.0 Å². The third kappa shape index (κ3) is 3.98. The van der Waals surface area contributed by atoms with Crippen LogP contribution in [0, 0.1) is 12.7 Å². The van der Waals surface area contributed by atoms with E-state index in [1.165, 1.54) is 31.7 Å². The molecule has 0 heterocycles. The van der Waals surface area contributed by atoms with Gasteiger partial charge in [0.2, 0.25) is 0 Å². The summed E-state index contributed by atoms with van der Waals surface area (Å²) in [4.78, 5) is 0. The van der Waals surface area contributed by atoms with Crippen molar-refractivity contribution in [3.63, 3.8) is 0 Å². The van der Waals surface area contributed by atoms with Crippen LogP contribution in [-0.4, -0.2) is 19.2 Å². The average Bonchev–Trinajstić information content (AvgIpc) is 2.86. The molecule has 1 aliphatic rings. The van der Waals surface area contributed by atoms with Crippen LogP contribution in [0.3, 0.4) is 0 Å². The van der Waals surface area contributed by atoms with Crippen LogP contribution < -0.4 is 10.1 Å².